The third kappa shape index (κ3) is 10.9. The number of carbonyl (C=O) groups excluding carboxylic acids is 3. The van der Waals surface area contributed by atoms with Gasteiger partial charge in [-0.3, -0.25) is 4.79 Å². The Labute approximate surface area is 168 Å². The second-order valence-electron chi connectivity index (χ2n) is 8.46. The lowest BCUT2D eigenvalue weighted by atomic mass is 10.00. The van der Waals surface area contributed by atoms with Crippen molar-refractivity contribution in [2.75, 3.05) is 13.7 Å². The zero-order valence-corrected chi connectivity index (χ0v) is 18.0. The van der Waals surface area contributed by atoms with Gasteiger partial charge in [0.15, 0.2) is 6.04 Å². The molecule has 29 heavy (non-hydrogen) atoms. The van der Waals surface area contributed by atoms with Gasteiger partial charge in [-0.2, -0.15) is 13.2 Å². The summed E-state index contributed by atoms with van der Waals surface area (Å²) in [6.07, 6.45) is -5.99. The van der Waals surface area contributed by atoms with Gasteiger partial charge in [0, 0.05) is 0 Å². The lowest BCUT2D eigenvalue weighted by Crippen LogP contribution is -2.58. The van der Waals surface area contributed by atoms with Gasteiger partial charge in [-0.1, -0.05) is 6.92 Å². The van der Waals surface area contributed by atoms with Crippen LogP contribution in [0.4, 0.5) is 18.0 Å². The van der Waals surface area contributed by atoms with Crippen LogP contribution in [-0.4, -0.2) is 61.1 Å². The van der Waals surface area contributed by atoms with E-state index in [-0.39, 0.29) is 6.61 Å². The van der Waals surface area contributed by atoms with Crippen LogP contribution in [-0.2, 0) is 23.8 Å². The Morgan fingerprint density at radius 2 is 1.45 bits per heavy atom. The molecule has 0 aromatic rings. The first-order valence-electron chi connectivity index (χ1n) is 8.96. The van der Waals surface area contributed by atoms with Crippen molar-refractivity contribution in [3.63, 3.8) is 0 Å². The van der Waals surface area contributed by atoms with E-state index in [0.717, 1.165) is 14.0 Å². The number of ether oxygens (including phenoxy) is 3. The van der Waals surface area contributed by atoms with E-state index in [4.69, 9.17) is 9.47 Å². The molecule has 2 amide bonds. The van der Waals surface area contributed by atoms with Gasteiger partial charge in [-0.15, -0.1) is 0 Å². The first-order chi connectivity index (χ1) is 12.9. The van der Waals surface area contributed by atoms with Crippen molar-refractivity contribution in [2.45, 2.75) is 77.9 Å². The van der Waals surface area contributed by atoms with E-state index in [2.05, 4.69) is 10.1 Å². The molecule has 0 fully saturated rings. The zero-order chi connectivity index (χ0) is 23.2. The molecule has 0 rings (SSSR count). The number of hydrogen-bond acceptors (Lipinski definition) is 6. The third-order valence-corrected chi connectivity index (χ3v) is 3.46. The molecule has 0 aromatic carbocycles. The molecule has 0 aliphatic rings. The van der Waals surface area contributed by atoms with Crippen molar-refractivity contribution in [1.82, 2.24) is 10.6 Å². The molecule has 0 saturated heterocycles. The molecule has 170 valence electrons. The topological polar surface area (TPSA) is 103 Å². The van der Waals surface area contributed by atoms with Crippen molar-refractivity contribution >= 4 is 18.0 Å². The van der Waals surface area contributed by atoms with E-state index < -0.39 is 53.3 Å². The predicted octanol–water partition coefficient (Wildman–Crippen LogP) is 2.55. The van der Waals surface area contributed by atoms with Crippen LogP contribution in [0.2, 0.25) is 0 Å². The van der Waals surface area contributed by atoms with Crippen molar-refractivity contribution in [3.05, 3.63) is 0 Å². The number of nitrogens with one attached hydrogen (secondary N) is 2. The second-order valence-corrected chi connectivity index (χ2v) is 8.46. The fraction of sp³-hybridized carbons (Fsp3) is 0.833. The SMILES string of the molecule is COC(=O)[C@H](COC(C)(C)C)NC(=O)[C@@H](NC(=O)OC(C)(C)C)[C@@H](C)C(F)(F)F. The Morgan fingerprint density at radius 1 is 0.931 bits per heavy atom. The first kappa shape index (κ1) is 27.0. The van der Waals surface area contributed by atoms with Crippen molar-refractivity contribution in [3.8, 4) is 0 Å². The Kier molecular flexibility index (Phi) is 9.42. The van der Waals surface area contributed by atoms with Gasteiger partial charge >= 0.3 is 18.2 Å². The van der Waals surface area contributed by atoms with Crippen LogP contribution >= 0.6 is 0 Å². The predicted molar refractivity (Wildman–Crippen MR) is 98.0 cm³/mol. The summed E-state index contributed by atoms with van der Waals surface area (Å²) >= 11 is 0. The van der Waals surface area contributed by atoms with Gasteiger partial charge < -0.3 is 24.8 Å². The van der Waals surface area contributed by atoms with Crippen LogP contribution in [0.3, 0.4) is 0 Å². The standard InChI is InChI=1S/C18H31F3N2O6/c1-10(18(19,20)21)12(23-15(26)29-17(5,6)7)13(24)22-11(14(25)27-8)9-28-16(2,3)4/h10-12H,9H2,1-8H3,(H,22,24)(H,23,26)/t10-,11+,12+/m1/s1. The average molecular weight is 428 g/mol. The number of alkyl halides is 3. The molecule has 0 aromatic heterocycles. The van der Waals surface area contributed by atoms with Gasteiger partial charge in [-0.05, 0) is 41.5 Å². The van der Waals surface area contributed by atoms with Crippen LogP contribution < -0.4 is 10.6 Å². The molecular weight excluding hydrogens is 397 g/mol. The van der Waals surface area contributed by atoms with E-state index in [1.165, 1.54) is 20.8 Å². The molecule has 11 heteroatoms. The smallest absolute Gasteiger partial charge is 0.408 e. The summed E-state index contributed by atoms with van der Waals surface area (Å²) in [7, 11) is 1.06. The molecule has 3 atom stereocenters. The minimum absolute atomic E-state index is 0.332. The second kappa shape index (κ2) is 10.1. The molecule has 0 spiro atoms. The van der Waals surface area contributed by atoms with Gasteiger partial charge in [0.2, 0.25) is 5.91 Å². The molecule has 0 heterocycles. The summed E-state index contributed by atoms with van der Waals surface area (Å²) in [5, 5.41) is 4.08. The lowest BCUT2D eigenvalue weighted by molar-refractivity contribution is -0.180. The van der Waals surface area contributed by atoms with E-state index in [0.29, 0.717) is 0 Å². The number of alkyl carbamates (subject to hydrolysis) is 1. The quantitative estimate of drug-likeness (QED) is 0.604. The lowest BCUT2D eigenvalue weighted by Gasteiger charge is -2.29. The normalized spacial score (nSPS) is 15.7. The highest BCUT2D eigenvalue weighted by Gasteiger charge is 2.46. The fourth-order valence-corrected chi connectivity index (χ4v) is 1.95. The van der Waals surface area contributed by atoms with Crippen molar-refractivity contribution in [1.29, 1.82) is 0 Å². The van der Waals surface area contributed by atoms with Crippen LogP contribution in [0.15, 0.2) is 0 Å². The van der Waals surface area contributed by atoms with Crippen LogP contribution in [0.1, 0.15) is 48.5 Å². The summed E-state index contributed by atoms with van der Waals surface area (Å²) in [6, 6.07) is -3.40. The highest BCUT2D eigenvalue weighted by molar-refractivity contribution is 5.90. The monoisotopic (exact) mass is 428 g/mol. The molecule has 0 aliphatic heterocycles. The maximum Gasteiger partial charge on any atom is 0.408 e. The average Bonchev–Trinajstić information content (AvgIpc) is 2.51. The van der Waals surface area contributed by atoms with Gasteiger partial charge in [-0.25, -0.2) is 9.59 Å². The highest BCUT2D eigenvalue weighted by Crippen LogP contribution is 2.29. The highest BCUT2D eigenvalue weighted by atomic mass is 19.4. The minimum atomic E-state index is -4.79. The van der Waals surface area contributed by atoms with Crippen LogP contribution in [0.25, 0.3) is 0 Å². The molecule has 0 aliphatic carbocycles. The zero-order valence-electron chi connectivity index (χ0n) is 18.0. The number of esters is 1. The first-order valence-corrected chi connectivity index (χ1v) is 8.96. The Balaban J connectivity index is 5.53. The molecular formula is C18H31F3N2O6. The maximum absolute atomic E-state index is 13.2. The molecule has 2 N–H and O–H groups in total. The fourth-order valence-electron chi connectivity index (χ4n) is 1.95. The molecule has 0 unspecified atom stereocenters. The number of amides is 2. The summed E-state index contributed by atoms with van der Waals surface area (Å²) in [5.74, 6) is -4.39. The molecule has 0 radical (unpaired) electrons. The van der Waals surface area contributed by atoms with Crippen LogP contribution in [0, 0.1) is 5.92 Å². The van der Waals surface area contributed by atoms with E-state index in [1.54, 1.807) is 20.8 Å². The van der Waals surface area contributed by atoms with Gasteiger partial charge in [0.25, 0.3) is 0 Å². The number of rotatable bonds is 7. The third-order valence-electron chi connectivity index (χ3n) is 3.46. The van der Waals surface area contributed by atoms with Crippen molar-refractivity contribution < 1.29 is 41.8 Å². The Morgan fingerprint density at radius 3 is 1.83 bits per heavy atom. The Bertz CT molecular complexity index is 582. The van der Waals surface area contributed by atoms with E-state index in [1.807, 2.05) is 5.32 Å². The summed E-state index contributed by atoms with van der Waals surface area (Å²) in [5.41, 5.74) is -1.66. The summed E-state index contributed by atoms with van der Waals surface area (Å²) in [6.45, 7) is 10.1. The number of hydrogen-bond donors (Lipinski definition) is 2. The Hall–Kier alpha value is -2.04. The van der Waals surface area contributed by atoms with E-state index >= 15 is 0 Å². The molecule has 0 saturated carbocycles. The van der Waals surface area contributed by atoms with Crippen molar-refractivity contribution in [2.24, 2.45) is 5.92 Å². The van der Waals surface area contributed by atoms with Gasteiger partial charge in [0.1, 0.15) is 11.6 Å². The number of carbonyl (C=O) groups is 3. The minimum Gasteiger partial charge on any atom is -0.467 e. The van der Waals surface area contributed by atoms with E-state index in [9.17, 15) is 27.6 Å². The van der Waals surface area contributed by atoms with Crippen LogP contribution in [0.5, 0.6) is 0 Å². The molecule has 8 nitrogen and oxygen atoms in total. The van der Waals surface area contributed by atoms with Gasteiger partial charge in [0.05, 0.1) is 25.2 Å². The number of halogens is 3. The number of methoxy groups -OCH3 is 1. The largest absolute Gasteiger partial charge is 0.467 e. The summed E-state index contributed by atoms with van der Waals surface area (Å²) in [4.78, 5) is 36.4. The maximum atomic E-state index is 13.2. The molecule has 0 bridgehead atoms. The summed E-state index contributed by atoms with van der Waals surface area (Å²) < 4.78 is 54.6.